The van der Waals surface area contributed by atoms with Crippen LogP contribution < -0.4 is 10.6 Å². The first-order valence-electron chi connectivity index (χ1n) is 5.93. The second kappa shape index (κ2) is 7.66. The highest BCUT2D eigenvalue weighted by molar-refractivity contribution is 6.33. The van der Waals surface area contributed by atoms with Gasteiger partial charge in [-0.05, 0) is 19.1 Å². The van der Waals surface area contributed by atoms with Crippen LogP contribution in [0.5, 0.6) is 0 Å². The second-order valence-electron chi connectivity index (χ2n) is 4.04. The van der Waals surface area contributed by atoms with E-state index in [2.05, 4.69) is 10.6 Å². The summed E-state index contributed by atoms with van der Waals surface area (Å²) in [7, 11) is 1.53. The van der Waals surface area contributed by atoms with Gasteiger partial charge in [0.15, 0.2) is 0 Å². The molecule has 0 saturated carbocycles. The minimum absolute atomic E-state index is 0.0204. The first-order chi connectivity index (χ1) is 9.47. The van der Waals surface area contributed by atoms with Gasteiger partial charge in [-0.1, -0.05) is 17.7 Å². The van der Waals surface area contributed by atoms with E-state index in [9.17, 15) is 14.9 Å². The number of halogens is 1. The molecular formula is C12H16ClN3O4. The maximum atomic E-state index is 11.8. The molecule has 1 aromatic rings. The van der Waals surface area contributed by atoms with Gasteiger partial charge in [-0.15, -0.1) is 0 Å². The fraction of sp³-hybridized carbons (Fsp3) is 0.417. The number of nitro groups is 1. The van der Waals surface area contributed by atoms with Crippen molar-refractivity contribution in [2.24, 2.45) is 0 Å². The third kappa shape index (κ3) is 4.36. The zero-order valence-electron chi connectivity index (χ0n) is 11.2. The molecule has 110 valence electrons. The van der Waals surface area contributed by atoms with E-state index in [1.165, 1.54) is 19.2 Å². The molecule has 0 radical (unpaired) electrons. The van der Waals surface area contributed by atoms with Crippen molar-refractivity contribution in [2.75, 3.05) is 25.6 Å². The predicted octanol–water partition coefficient (Wildman–Crippen LogP) is 1.81. The number of ether oxygens (including phenoxy) is 1. The van der Waals surface area contributed by atoms with Gasteiger partial charge < -0.3 is 15.4 Å². The lowest BCUT2D eigenvalue weighted by atomic mass is 10.2. The molecule has 0 heterocycles. The van der Waals surface area contributed by atoms with Crippen molar-refractivity contribution in [3.05, 3.63) is 33.3 Å². The Morgan fingerprint density at radius 2 is 2.25 bits per heavy atom. The van der Waals surface area contributed by atoms with Crippen LogP contribution in [0.1, 0.15) is 6.92 Å². The summed E-state index contributed by atoms with van der Waals surface area (Å²) in [5.74, 6) is -0.281. The number of para-hydroxylation sites is 1. The Hall–Kier alpha value is -1.86. The Kier molecular flexibility index (Phi) is 6.20. The van der Waals surface area contributed by atoms with Crippen molar-refractivity contribution in [2.45, 2.75) is 13.0 Å². The van der Waals surface area contributed by atoms with Gasteiger partial charge in [-0.2, -0.15) is 0 Å². The molecule has 0 bridgehead atoms. The van der Waals surface area contributed by atoms with Gasteiger partial charge >= 0.3 is 5.69 Å². The first kappa shape index (κ1) is 16.2. The van der Waals surface area contributed by atoms with Crippen LogP contribution in [-0.2, 0) is 9.53 Å². The third-order valence-electron chi connectivity index (χ3n) is 2.54. The van der Waals surface area contributed by atoms with Gasteiger partial charge in [-0.3, -0.25) is 14.9 Å². The van der Waals surface area contributed by atoms with Crippen molar-refractivity contribution >= 4 is 28.9 Å². The minimum atomic E-state index is -0.635. The first-order valence-corrected chi connectivity index (χ1v) is 6.31. The van der Waals surface area contributed by atoms with E-state index in [-0.39, 0.29) is 22.3 Å². The van der Waals surface area contributed by atoms with Gasteiger partial charge in [0, 0.05) is 13.7 Å². The Bertz CT molecular complexity index is 496. The molecule has 0 spiro atoms. The van der Waals surface area contributed by atoms with Gasteiger partial charge in [0.05, 0.1) is 11.5 Å². The Morgan fingerprint density at radius 1 is 1.55 bits per heavy atom. The largest absolute Gasteiger partial charge is 0.383 e. The summed E-state index contributed by atoms with van der Waals surface area (Å²) in [6.45, 7) is 2.38. The van der Waals surface area contributed by atoms with E-state index < -0.39 is 11.0 Å². The second-order valence-corrected chi connectivity index (χ2v) is 4.45. The number of amides is 1. The van der Waals surface area contributed by atoms with E-state index in [0.29, 0.717) is 13.2 Å². The fourth-order valence-electron chi connectivity index (χ4n) is 1.55. The number of rotatable bonds is 7. The monoisotopic (exact) mass is 301 g/mol. The highest BCUT2D eigenvalue weighted by Gasteiger charge is 2.21. The van der Waals surface area contributed by atoms with E-state index in [4.69, 9.17) is 16.3 Å². The number of carbonyl (C=O) groups excluding carboxylic acids is 1. The zero-order valence-corrected chi connectivity index (χ0v) is 11.9. The molecule has 1 unspecified atom stereocenters. The van der Waals surface area contributed by atoms with Crippen LogP contribution in [-0.4, -0.2) is 37.1 Å². The van der Waals surface area contributed by atoms with Gasteiger partial charge in [-0.25, -0.2) is 0 Å². The summed E-state index contributed by atoms with van der Waals surface area (Å²) >= 11 is 5.79. The van der Waals surface area contributed by atoms with Crippen LogP contribution in [0, 0.1) is 10.1 Å². The molecule has 0 saturated heterocycles. The van der Waals surface area contributed by atoms with Crippen LogP contribution in [0.2, 0.25) is 5.02 Å². The van der Waals surface area contributed by atoms with E-state index in [1.807, 2.05) is 0 Å². The van der Waals surface area contributed by atoms with Crippen LogP contribution in [0.15, 0.2) is 18.2 Å². The standard InChI is InChI=1S/C12H16ClN3O4/c1-8(12(17)14-6-7-20-2)15-10-5-3-4-9(13)11(10)16(18)19/h3-5,8,15H,6-7H2,1-2H3,(H,14,17). The number of nitrogens with one attached hydrogen (secondary N) is 2. The van der Waals surface area contributed by atoms with Crippen LogP contribution >= 0.6 is 11.6 Å². The molecule has 0 fully saturated rings. The summed E-state index contributed by atoms with van der Waals surface area (Å²) < 4.78 is 4.81. The average Bonchev–Trinajstić information content (AvgIpc) is 2.38. The van der Waals surface area contributed by atoms with Crippen LogP contribution in [0.3, 0.4) is 0 Å². The van der Waals surface area contributed by atoms with Crippen molar-refractivity contribution < 1.29 is 14.5 Å². The summed E-state index contributed by atoms with van der Waals surface area (Å²) in [4.78, 5) is 22.1. The molecule has 7 nitrogen and oxygen atoms in total. The van der Waals surface area contributed by atoms with Gasteiger partial charge in [0.2, 0.25) is 5.91 Å². The molecule has 20 heavy (non-hydrogen) atoms. The molecule has 1 amide bonds. The molecule has 1 aromatic carbocycles. The zero-order chi connectivity index (χ0) is 15.1. The van der Waals surface area contributed by atoms with Crippen LogP contribution in [0.25, 0.3) is 0 Å². The maximum absolute atomic E-state index is 11.8. The Labute approximate surface area is 121 Å². The number of benzene rings is 1. The number of carbonyl (C=O) groups is 1. The maximum Gasteiger partial charge on any atom is 0.310 e. The lowest BCUT2D eigenvalue weighted by molar-refractivity contribution is -0.383. The van der Waals surface area contributed by atoms with Crippen molar-refractivity contribution in [3.63, 3.8) is 0 Å². The van der Waals surface area contributed by atoms with Crippen LogP contribution in [0.4, 0.5) is 11.4 Å². The van der Waals surface area contributed by atoms with Crippen molar-refractivity contribution in [1.82, 2.24) is 5.32 Å². The number of hydrogen-bond acceptors (Lipinski definition) is 5. The normalized spacial score (nSPS) is 11.8. The molecule has 0 aliphatic rings. The number of nitro benzene ring substituents is 1. The number of anilines is 1. The Balaban J connectivity index is 2.75. The van der Waals surface area contributed by atoms with Gasteiger partial charge in [0.1, 0.15) is 16.8 Å². The molecular weight excluding hydrogens is 286 g/mol. The smallest absolute Gasteiger partial charge is 0.310 e. The summed E-state index contributed by atoms with van der Waals surface area (Å²) in [5.41, 5.74) is -0.0393. The topological polar surface area (TPSA) is 93.5 Å². The van der Waals surface area contributed by atoms with E-state index >= 15 is 0 Å². The van der Waals surface area contributed by atoms with Crippen molar-refractivity contribution in [1.29, 1.82) is 0 Å². The molecule has 1 rings (SSSR count). The fourth-order valence-corrected chi connectivity index (χ4v) is 1.79. The number of methoxy groups -OCH3 is 1. The third-order valence-corrected chi connectivity index (χ3v) is 2.85. The van der Waals surface area contributed by atoms with Crippen molar-refractivity contribution in [3.8, 4) is 0 Å². The van der Waals surface area contributed by atoms with E-state index in [0.717, 1.165) is 0 Å². The summed E-state index contributed by atoms with van der Waals surface area (Å²) in [6.07, 6.45) is 0. The SMILES string of the molecule is COCCNC(=O)C(C)Nc1cccc(Cl)c1[N+](=O)[O-]. The molecule has 0 aliphatic heterocycles. The highest BCUT2D eigenvalue weighted by Crippen LogP contribution is 2.32. The summed E-state index contributed by atoms with van der Waals surface area (Å²) in [5, 5.41) is 16.4. The molecule has 8 heteroatoms. The predicted molar refractivity (Wildman–Crippen MR) is 76.1 cm³/mol. The molecule has 2 N–H and O–H groups in total. The lowest BCUT2D eigenvalue weighted by Gasteiger charge is -2.15. The molecule has 0 aromatic heterocycles. The van der Waals surface area contributed by atoms with Gasteiger partial charge in [0.25, 0.3) is 0 Å². The number of nitrogens with zero attached hydrogens (tertiary/aromatic N) is 1. The quantitative estimate of drug-likeness (QED) is 0.455. The average molecular weight is 302 g/mol. The Morgan fingerprint density at radius 3 is 2.85 bits per heavy atom. The molecule has 0 aliphatic carbocycles. The lowest BCUT2D eigenvalue weighted by Crippen LogP contribution is -2.39. The summed E-state index contributed by atoms with van der Waals surface area (Å²) in [6, 6.07) is 3.87. The highest BCUT2D eigenvalue weighted by atomic mass is 35.5. The minimum Gasteiger partial charge on any atom is -0.383 e. The van der Waals surface area contributed by atoms with E-state index in [1.54, 1.807) is 13.0 Å². The molecule has 1 atom stereocenters. The number of hydrogen-bond donors (Lipinski definition) is 2.